The molecule has 2 saturated carbocycles. The first-order chi connectivity index (χ1) is 11.7. The molecule has 2 fully saturated rings. The molecule has 0 amide bonds. The van der Waals surface area contributed by atoms with E-state index < -0.39 is 42.7 Å². The standard InChI is InChI=1S/C16H22F6O4/c1-7(6-14(24,15(17,18)19)16(20,21)22)25-13(23)26-12-5-10-4-11(12)9(3)8(10)2/h7-12,24H,4-6H2,1-3H3. The molecular weight excluding hydrogens is 370 g/mol. The van der Waals surface area contributed by atoms with Gasteiger partial charge in [-0.25, -0.2) is 4.79 Å². The zero-order chi connectivity index (χ0) is 20.1. The SMILES string of the molecule is CC(CC(O)(C(F)(F)F)C(F)(F)F)OC(=O)OC1CC2CC1C(C)C2C. The monoisotopic (exact) mass is 392 g/mol. The van der Waals surface area contributed by atoms with Crippen molar-refractivity contribution in [2.45, 2.75) is 70.2 Å². The van der Waals surface area contributed by atoms with Crippen molar-refractivity contribution in [3.63, 3.8) is 0 Å². The third kappa shape index (κ3) is 3.75. The topological polar surface area (TPSA) is 55.8 Å². The summed E-state index contributed by atoms with van der Waals surface area (Å²) in [5, 5.41) is 9.12. The van der Waals surface area contributed by atoms with Crippen LogP contribution in [0.15, 0.2) is 0 Å². The number of hydrogen-bond acceptors (Lipinski definition) is 4. The van der Waals surface area contributed by atoms with Crippen molar-refractivity contribution in [3.8, 4) is 0 Å². The molecule has 0 aliphatic heterocycles. The molecule has 0 aromatic rings. The number of rotatable bonds is 4. The molecule has 0 aromatic carbocycles. The van der Waals surface area contributed by atoms with E-state index in [1.807, 2.05) is 6.92 Å². The predicted octanol–water partition coefficient (Wildman–Crippen LogP) is 4.45. The summed E-state index contributed by atoms with van der Waals surface area (Å²) in [5.41, 5.74) is -4.96. The molecule has 2 aliphatic carbocycles. The summed E-state index contributed by atoms with van der Waals surface area (Å²) < 4.78 is 85.7. The van der Waals surface area contributed by atoms with E-state index in [9.17, 15) is 31.1 Å². The summed E-state index contributed by atoms with van der Waals surface area (Å²) in [6, 6.07) is 0. The Morgan fingerprint density at radius 1 is 1.08 bits per heavy atom. The van der Waals surface area contributed by atoms with Gasteiger partial charge in [0, 0.05) is 6.42 Å². The Hall–Kier alpha value is -1.19. The highest BCUT2D eigenvalue weighted by Crippen LogP contribution is 2.53. The Bertz CT molecular complexity index is 516. The van der Waals surface area contributed by atoms with Gasteiger partial charge in [0.2, 0.25) is 0 Å². The molecule has 152 valence electrons. The van der Waals surface area contributed by atoms with Crippen LogP contribution in [0.25, 0.3) is 0 Å². The molecule has 2 rings (SSSR count). The van der Waals surface area contributed by atoms with Crippen LogP contribution in [0, 0.1) is 23.7 Å². The Morgan fingerprint density at radius 2 is 1.62 bits per heavy atom. The van der Waals surface area contributed by atoms with Gasteiger partial charge in [0.1, 0.15) is 12.2 Å². The van der Waals surface area contributed by atoms with Crippen LogP contribution in [0.5, 0.6) is 0 Å². The molecule has 2 aliphatic rings. The zero-order valence-electron chi connectivity index (χ0n) is 14.5. The third-order valence-electron chi connectivity index (χ3n) is 5.90. The lowest BCUT2D eigenvalue weighted by molar-refractivity contribution is -0.373. The van der Waals surface area contributed by atoms with Gasteiger partial charge >= 0.3 is 18.5 Å². The molecule has 26 heavy (non-hydrogen) atoms. The molecule has 0 saturated heterocycles. The lowest BCUT2D eigenvalue weighted by Crippen LogP contribution is -2.58. The molecule has 6 atom stereocenters. The normalized spacial score (nSPS) is 33.2. The van der Waals surface area contributed by atoms with Crippen LogP contribution in [-0.2, 0) is 9.47 Å². The average molecular weight is 392 g/mol. The predicted molar refractivity (Wildman–Crippen MR) is 77.0 cm³/mol. The molecule has 2 bridgehead atoms. The molecule has 4 nitrogen and oxygen atoms in total. The highest BCUT2D eigenvalue weighted by molar-refractivity contribution is 5.60. The molecule has 1 N–H and O–H groups in total. The minimum atomic E-state index is -5.96. The van der Waals surface area contributed by atoms with E-state index in [1.165, 1.54) is 0 Å². The fraction of sp³-hybridized carbons (Fsp3) is 0.938. The second-order valence-corrected chi connectivity index (χ2v) is 7.51. The van der Waals surface area contributed by atoms with E-state index in [4.69, 9.17) is 9.84 Å². The first-order valence-corrected chi connectivity index (χ1v) is 8.40. The molecule has 0 aromatic heterocycles. The van der Waals surface area contributed by atoms with Crippen LogP contribution in [0.2, 0.25) is 0 Å². The average Bonchev–Trinajstić information content (AvgIpc) is 2.96. The maximum absolute atomic E-state index is 12.7. The summed E-state index contributed by atoms with van der Waals surface area (Å²) in [6.45, 7) is 4.96. The second kappa shape index (κ2) is 6.76. The Labute approximate surface area is 146 Å². The van der Waals surface area contributed by atoms with E-state index in [0.717, 1.165) is 13.3 Å². The second-order valence-electron chi connectivity index (χ2n) is 7.51. The summed E-state index contributed by atoms with van der Waals surface area (Å²) >= 11 is 0. The van der Waals surface area contributed by atoms with Crippen molar-refractivity contribution in [2.75, 3.05) is 0 Å². The van der Waals surface area contributed by atoms with Crippen molar-refractivity contribution < 1.29 is 45.7 Å². The van der Waals surface area contributed by atoms with Crippen LogP contribution in [-0.4, -0.2) is 41.4 Å². The number of hydrogen-bond donors (Lipinski definition) is 1. The molecule has 0 heterocycles. The summed E-state index contributed by atoms with van der Waals surface area (Å²) in [7, 11) is 0. The van der Waals surface area contributed by atoms with E-state index in [2.05, 4.69) is 11.7 Å². The molecule has 0 spiro atoms. The number of fused-ring (bicyclic) bond motifs is 2. The highest BCUT2D eigenvalue weighted by atomic mass is 19.4. The number of carbonyl (C=O) groups is 1. The minimum Gasteiger partial charge on any atom is -0.431 e. The minimum absolute atomic E-state index is 0.111. The molecule has 0 radical (unpaired) electrons. The van der Waals surface area contributed by atoms with Gasteiger partial charge in [-0.1, -0.05) is 13.8 Å². The highest BCUT2D eigenvalue weighted by Gasteiger charge is 2.70. The zero-order valence-corrected chi connectivity index (χ0v) is 14.5. The van der Waals surface area contributed by atoms with Crippen LogP contribution >= 0.6 is 0 Å². The van der Waals surface area contributed by atoms with E-state index >= 15 is 0 Å². The summed E-state index contributed by atoms with van der Waals surface area (Å²) in [4.78, 5) is 11.8. The van der Waals surface area contributed by atoms with Crippen LogP contribution < -0.4 is 0 Å². The fourth-order valence-corrected chi connectivity index (χ4v) is 4.17. The number of ether oxygens (including phenoxy) is 2. The Kier molecular flexibility index (Phi) is 5.49. The maximum Gasteiger partial charge on any atom is 0.508 e. The van der Waals surface area contributed by atoms with Gasteiger partial charge in [-0.3, -0.25) is 0 Å². The number of aliphatic hydroxyl groups is 1. The van der Waals surface area contributed by atoms with Crippen LogP contribution in [0.1, 0.15) is 40.0 Å². The van der Waals surface area contributed by atoms with Crippen LogP contribution in [0.3, 0.4) is 0 Å². The van der Waals surface area contributed by atoms with Gasteiger partial charge < -0.3 is 14.6 Å². The van der Waals surface area contributed by atoms with Crippen molar-refractivity contribution in [3.05, 3.63) is 0 Å². The van der Waals surface area contributed by atoms with Gasteiger partial charge in [0.05, 0.1) is 0 Å². The van der Waals surface area contributed by atoms with Gasteiger partial charge in [0.25, 0.3) is 5.60 Å². The van der Waals surface area contributed by atoms with Crippen molar-refractivity contribution in [1.29, 1.82) is 0 Å². The van der Waals surface area contributed by atoms with Gasteiger partial charge in [0.15, 0.2) is 0 Å². The van der Waals surface area contributed by atoms with E-state index in [0.29, 0.717) is 24.2 Å². The Morgan fingerprint density at radius 3 is 2.04 bits per heavy atom. The number of carbonyl (C=O) groups excluding carboxylic acids is 1. The van der Waals surface area contributed by atoms with E-state index in [-0.39, 0.29) is 5.92 Å². The summed E-state index contributed by atoms with van der Waals surface area (Å²) in [6.07, 6.45) is -15.9. The lowest BCUT2D eigenvalue weighted by Gasteiger charge is -2.34. The first-order valence-electron chi connectivity index (χ1n) is 8.40. The lowest BCUT2D eigenvalue weighted by atomic mass is 9.80. The van der Waals surface area contributed by atoms with E-state index in [1.54, 1.807) is 0 Å². The smallest absolute Gasteiger partial charge is 0.431 e. The molecular formula is C16H22F6O4. The van der Waals surface area contributed by atoms with Crippen molar-refractivity contribution >= 4 is 6.16 Å². The van der Waals surface area contributed by atoms with Crippen LogP contribution in [0.4, 0.5) is 31.1 Å². The number of alkyl halides is 6. The third-order valence-corrected chi connectivity index (χ3v) is 5.90. The Balaban J connectivity index is 1.93. The summed E-state index contributed by atoms with van der Waals surface area (Å²) in [5.74, 6) is 1.28. The largest absolute Gasteiger partial charge is 0.508 e. The van der Waals surface area contributed by atoms with Gasteiger partial charge in [-0.2, -0.15) is 26.3 Å². The van der Waals surface area contributed by atoms with Gasteiger partial charge in [-0.15, -0.1) is 0 Å². The van der Waals surface area contributed by atoms with Crippen molar-refractivity contribution in [2.24, 2.45) is 23.7 Å². The number of halogens is 6. The maximum atomic E-state index is 12.7. The van der Waals surface area contributed by atoms with Gasteiger partial charge in [-0.05, 0) is 43.4 Å². The molecule has 6 unspecified atom stereocenters. The molecule has 10 heteroatoms. The first kappa shape index (κ1) is 21.1. The fourth-order valence-electron chi connectivity index (χ4n) is 4.17. The quantitative estimate of drug-likeness (QED) is 0.567. The van der Waals surface area contributed by atoms with Crippen molar-refractivity contribution in [1.82, 2.24) is 0 Å².